The molecule has 0 saturated heterocycles. The molecular formula is C24H21BrFN3O4S. The number of rotatable bonds is 5. The predicted molar refractivity (Wildman–Crippen MR) is 134 cm³/mol. The zero-order chi connectivity index (χ0) is 23.5. The molecule has 2 aromatic rings. The highest BCUT2D eigenvalue weighted by Crippen LogP contribution is 2.42. The smallest absolute Gasteiger partial charge is 0.338 e. The molecule has 1 N–H and O–H groups in total. The molecule has 0 radical (unpaired) electrons. The lowest BCUT2D eigenvalue weighted by Gasteiger charge is -2.38. The Kier molecular flexibility index (Phi) is 8.06. The molecule has 2 amide bonds. The number of amidine groups is 1. The number of aliphatic imine (C=N–C) groups is 1. The van der Waals surface area contributed by atoms with Gasteiger partial charge in [-0.25, -0.2) is 14.2 Å². The molecular weight excluding hydrogens is 525 g/mol. The SMILES string of the molecule is Br.CCOC(=O)C1=C(C)N=C2SC(C(=O)Nc3ccccc3)=CC(=O)N2C1c1ccc(F)cc1. The van der Waals surface area contributed by atoms with Crippen molar-refractivity contribution in [3.63, 3.8) is 0 Å². The number of esters is 1. The van der Waals surface area contributed by atoms with Crippen LogP contribution in [0.4, 0.5) is 10.1 Å². The van der Waals surface area contributed by atoms with E-state index < -0.39 is 29.6 Å². The van der Waals surface area contributed by atoms with E-state index in [1.807, 2.05) is 6.07 Å². The third kappa shape index (κ3) is 5.13. The normalized spacial score (nSPS) is 17.2. The Bertz CT molecular complexity index is 1210. The molecule has 7 nitrogen and oxygen atoms in total. The van der Waals surface area contributed by atoms with Gasteiger partial charge in [-0.3, -0.25) is 14.5 Å². The van der Waals surface area contributed by atoms with E-state index in [2.05, 4.69) is 10.3 Å². The molecule has 10 heteroatoms. The fourth-order valence-electron chi connectivity index (χ4n) is 3.55. The highest BCUT2D eigenvalue weighted by atomic mass is 79.9. The van der Waals surface area contributed by atoms with Crippen molar-refractivity contribution in [2.45, 2.75) is 19.9 Å². The van der Waals surface area contributed by atoms with Crippen molar-refractivity contribution < 1.29 is 23.5 Å². The minimum Gasteiger partial charge on any atom is -0.463 e. The van der Waals surface area contributed by atoms with Gasteiger partial charge in [0.1, 0.15) is 5.82 Å². The Balaban J connectivity index is 0.00000324. The lowest BCUT2D eigenvalue weighted by molar-refractivity contribution is -0.139. The first-order valence-electron chi connectivity index (χ1n) is 10.2. The lowest BCUT2D eigenvalue weighted by atomic mass is 9.94. The Hall–Kier alpha value is -3.24. The van der Waals surface area contributed by atoms with E-state index in [0.717, 1.165) is 11.8 Å². The number of anilines is 1. The molecule has 0 aromatic heterocycles. The monoisotopic (exact) mass is 545 g/mol. The number of hydrogen-bond acceptors (Lipinski definition) is 6. The van der Waals surface area contributed by atoms with Gasteiger partial charge in [-0.05, 0) is 55.4 Å². The van der Waals surface area contributed by atoms with Crippen LogP contribution in [0.1, 0.15) is 25.5 Å². The van der Waals surface area contributed by atoms with Gasteiger partial charge in [-0.15, -0.1) is 17.0 Å². The van der Waals surface area contributed by atoms with E-state index in [9.17, 15) is 18.8 Å². The Morgan fingerprint density at radius 3 is 2.47 bits per heavy atom. The summed E-state index contributed by atoms with van der Waals surface area (Å²) >= 11 is 1.02. The van der Waals surface area contributed by atoms with Crippen LogP contribution in [0.5, 0.6) is 0 Å². The lowest BCUT2D eigenvalue weighted by Crippen LogP contribution is -2.45. The van der Waals surface area contributed by atoms with Gasteiger partial charge in [0.15, 0.2) is 5.17 Å². The third-order valence-corrected chi connectivity index (χ3v) is 6.01. The largest absolute Gasteiger partial charge is 0.463 e. The molecule has 176 valence electrons. The van der Waals surface area contributed by atoms with E-state index in [4.69, 9.17) is 4.74 Å². The van der Waals surface area contributed by atoms with Crippen molar-refractivity contribution in [1.29, 1.82) is 0 Å². The van der Waals surface area contributed by atoms with Crippen LogP contribution in [0.3, 0.4) is 0 Å². The molecule has 2 aromatic carbocycles. The summed E-state index contributed by atoms with van der Waals surface area (Å²) in [6.45, 7) is 3.47. The van der Waals surface area contributed by atoms with Crippen LogP contribution in [0.25, 0.3) is 0 Å². The summed E-state index contributed by atoms with van der Waals surface area (Å²) in [5.74, 6) is -2.02. The second kappa shape index (κ2) is 10.8. The van der Waals surface area contributed by atoms with E-state index in [-0.39, 0.29) is 39.2 Å². The van der Waals surface area contributed by atoms with Gasteiger partial charge in [-0.1, -0.05) is 30.3 Å². The fraction of sp³-hybridized carbons (Fsp3) is 0.167. The Labute approximate surface area is 210 Å². The average molecular weight is 546 g/mol. The summed E-state index contributed by atoms with van der Waals surface area (Å²) in [6, 6.07) is 13.5. The van der Waals surface area contributed by atoms with Gasteiger partial charge >= 0.3 is 5.97 Å². The highest BCUT2D eigenvalue weighted by molar-refractivity contribution is 8.93. The van der Waals surface area contributed by atoms with Crippen LogP contribution in [-0.4, -0.2) is 34.5 Å². The van der Waals surface area contributed by atoms with Crippen LogP contribution in [0.2, 0.25) is 0 Å². The number of allylic oxidation sites excluding steroid dienone is 1. The number of hydrogen-bond donors (Lipinski definition) is 1. The maximum absolute atomic E-state index is 13.6. The molecule has 0 bridgehead atoms. The van der Waals surface area contributed by atoms with Gasteiger partial charge in [0.2, 0.25) is 0 Å². The first kappa shape index (κ1) is 25.4. The van der Waals surface area contributed by atoms with Crippen LogP contribution < -0.4 is 5.32 Å². The number of fused-ring (bicyclic) bond motifs is 1. The first-order valence-corrected chi connectivity index (χ1v) is 11.0. The number of nitrogens with one attached hydrogen (secondary N) is 1. The topological polar surface area (TPSA) is 88.1 Å². The van der Waals surface area contributed by atoms with Crippen LogP contribution >= 0.6 is 28.7 Å². The molecule has 0 fully saturated rings. The molecule has 1 unspecified atom stereocenters. The maximum Gasteiger partial charge on any atom is 0.338 e. The number of thioether (sulfide) groups is 1. The molecule has 0 aliphatic carbocycles. The fourth-order valence-corrected chi connectivity index (χ4v) is 4.53. The Morgan fingerprint density at radius 2 is 1.82 bits per heavy atom. The first-order chi connectivity index (χ1) is 15.9. The molecule has 0 saturated carbocycles. The minimum atomic E-state index is -0.868. The van der Waals surface area contributed by atoms with Crippen molar-refractivity contribution in [1.82, 2.24) is 4.90 Å². The summed E-state index contributed by atoms with van der Waals surface area (Å²) < 4.78 is 18.8. The minimum absolute atomic E-state index is 0. The van der Waals surface area contributed by atoms with Gasteiger partial charge in [0, 0.05) is 11.8 Å². The zero-order valence-corrected chi connectivity index (χ0v) is 20.8. The molecule has 1 atom stereocenters. The number of para-hydroxylation sites is 1. The quantitative estimate of drug-likeness (QED) is 0.547. The third-order valence-electron chi connectivity index (χ3n) is 5.02. The number of benzene rings is 2. The van der Waals surface area contributed by atoms with Gasteiger partial charge < -0.3 is 10.1 Å². The van der Waals surface area contributed by atoms with Crippen LogP contribution in [0, 0.1) is 5.82 Å². The number of carbonyl (C=O) groups is 3. The van der Waals surface area contributed by atoms with E-state index in [1.165, 1.54) is 35.2 Å². The maximum atomic E-state index is 13.6. The van der Waals surface area contributed by atoms with Crippen LogP contribution in [-0.2, 0) is 19.1 Å². The molecule has 34 heavy (non-hydrogen) atoms. The summed E-state index contributed by atoms with van der Waals surface area (Å²) in [4.78, 5) is 44.7. The molecule has 2 aliphatic heterocycles. The molecule has 2 heterocycles. The van der Waals surface area contributed by atoms with Crippen molar-refractivity contribution in [2.24, 2.45) is 4.99 Å². The van der Waals surface area contributed by atoms with E-state index in [0.29, 0.717) is 16.9 Å². The summed E-state index contributed by atoms with van der Waals surface area (Å²) in [5.41, 5.74) is 1.66. The van der Waals surface area contributed by atoms with E-state index >= 15 is 0 Å². The van der Waals surface area contributed by atoms with Crippen molar-refractivity contribution in [2.75, 3.05) is 11.9 Å². The second-order valence-electron chi connectivity index (χ2n) is 7.21. The summed E-state index contributed by atoms with van der Waals surface area (Å²) in [6.07, 6.45) is 1.21. The number of amides is 2. The van der Waals surface area contributed by atoms with E-state index in [1.54, 1.807) is 38.1 Å². The average Bonchev–Trinajstić information content (AvgIpc) is 2.79. The van der Waals surface area contributed by atoms with Gasteiger partial charge in [0.05, 0.1) is 28.8 Å². The molecule has 2 aliphatic rings. The van der Waals surface area contributed by atoms with Crippen molar-refractivity contribution >= 4 is 57.4 Å². The molecule has 0 spiro atoms. The zero-order valence-electron chi connectivity index (χ0n) is 18.3. The summed E-state index contributed by atoms with van der Waals surface area (Å²) in [5, 5.41) is 3.00. The van der Waals surface area contributed by atoms with Gasteiger partial charge in [0.25, 0.3) is 11.8 Å². The number of nitrogens with zero attached hydrogens (tertiary/aromatic N) is 2. The number of halogens is 2. The number of carbonyl (C=O) groups excluding carboxylic acids is 3. The molecule has 4 rings (SSSR count). The second-order valence-corrected chi connectivity index (χ2v) is 8.22. The van der Waals surface area contributed by atoms with Crippen molar-refractivity contribution in [3.05, 3.63) is 88.2 Å². The highest BCUT2D eigenvalue weighted by Gasteiger charge is 2.42. The van der Waals surface area contributed by atoms with Gasteiger partial charge in [-0.2, -0.15) is 0 Å². The predicted octanol–water partition coefficient (Wildman–Crippen LogP) is 4.75. The summed E-state index contributed by atoms with van der Waals surface area (Å²) in [7, 11) is 0. The number of ether oxygens (including phenoxy) is 1. The van der Waals surface area contributed by atoms with Crippen LogP contribution in [0.15, 0.2) is 81.8 Å². The Morgan fingerprint density at radius 1 is 1.15 bits per heavy atom. The standard InChI is InChI=1S/C24H20FN3O4S.BrH/c1-3-32-23(31)20-14(2)26-24-28(21(20)15-9-11-16(25)12-10-15)19(29)13-18(33-24)22(30)27-17-7-5-4-6-8-17;/h4-13,21H,3H2,1-2H3,(H,27,30);1H. The van der Waals surface area contributed by atoms with Crippen molar-refractivity contribution in [3.8, 4) is 0 Å².